The Kier molecular flexibility index (Phi) is 4.18. The van der Waals surface area contributed by atoms with E-state index in [1.54, 1.807) is 18.2 Å². The third kappa shape index (κ3) is 3.40. The van der Waals surface area contributed by atoms with E-state index in [1.807, 2.05) is 20.8 Å². The smallest absolute Gasteiger partial charge is 0.229 e. The molecule has 6 heteroatoms. The minimum atomic E-state index is -0.492. The summed E-state index contributed by atoms with van der Waals surface area (Å²) < 4.78 is 5.15. The molecule has 0 saturated carbocycles. The van der Waals surface area contributed by atoms with Crippen LogP contribution in [0.15, 0.2) is 23.3 Å². The summed E-state index contributed by atoms with van der Waals surface area (Å²) >= 11 is 0. The first-order valence-electron chi connectivity index (χ1n) is 5.43. The van der Waals surface area contributed by atoms with Gasteiger partial charge in [-0.1, -0.05) is 32.0 Å². The molecule has 0 radical (unpaired) electrons. The molecule has 96 valence electrons. The largest absolute Gasteiger partial charge is 0.495 e. The van der Waals surface area contributed by atoms with Crippen LogP contribution in [0.3, 0.4) is 0 Å². The van der Waals surface area contributed by atoms with Gasteiger partial charge in [-0.2, -0.15) is 0 Å². The van der Waals surface area contributed by atoms with Crippen LogP contribution in [0.25, 0.3) is 10.4 Å². The van der Waals surface area contributed by atoms with Crippen LogP contribution in [0.4, 0.5) is 11.4 Å². The maximum Gasteiger partial charge on any atom is 0.229 e. The van der Waals surface area contributed by atoms with Gasteiger partial charge in [-0.15, -0.1) is 0 Å². The van der Waals surface area contributed by atoms with Crippen molar-refractivity contribution in [2.45, 2.75) is 20.8 Å². The van der Waals surface area contributed by atoms with Crippen molar-refractivity contribution in [2.75, 3.05) is 12.4 Å². The Labute approximate surface area is 106 Å². The Morgan fingerprint density at radius 1 is 1.44 bits per heavy atom. The molecular formula is C12H16N4O2. The van der Waals surface area contributed by atoms with E-state index in [2.05, 4.69) is 15.3 Å². The standard InChI is InChI=1S/C12H16N4O2/c1-12(2,3)11(17)14-9-6-5-8(15-16-13)7-10(9)18-4/h5-7H,1-4H3,(H,14,17). The van der Waals surface area contributed by atoms with Gasteiger partial charge < -0.3 is 10.1 Å². The maximum absolute atomic E-state index is 11.9. The molecule has 0 aliphatic rings. The van der Waals surface area contributed by atoms with Crippen molar-refractivity contribution in [1.29, 1.82) is 0 Å². The average molecular weight is 248 g/mol. The van der Waals surface area contributed by atoms with Crippen molar-refractivity contribution in [3.05, 3.63) is 28.6 Å². The SMILES string of the molecule is COc1cc(N=[N+]=[N-])ccc1NC(=O)C(C)(C)C. The zero-order chi connectivity index (χ0) is 13.8. The van der Waals surface area contributed by atoms with Crippen LogP contribution in [0.1, 0.15) is 20.8 Å². The lowest BCUT2D eigenvalue weighted by molar-refractivity contribution is -0.123. The van der Waals surface area contributed by atoms with Gasteiger partial charge in [0.1, 0.15) is 5.75 Å². The summed E-state index contributed by atoms with van der Waals surface area (Å²) in [6, 6.07) is 4.82. The molecule has 18 heavy (non-hydrogen) atoms. The molecule has 1 aromatic carbocycles. The van der Waals surface area contributed by atoms with Crippen LogP contribution >= 0.6 is 0 Å². The average Bonchev–Trinajstić information content (AvgIpc) is 2.30. The number of hydrogen-bond acceptors (Lipinski definition) is 3. The van der Waals surface area contributed by atoms with Crippen LogP contribution in [0, 0.1) is 5.41 Å². The highest BCUT2D eigenvalue weighted by atomic mass is 16.5. The number of azide groups is 1. The van der Waals surface area contributed by atoms with Crippen LogP contribution in [-0.4, -0.2) is 13.0 Å². The summed E-state index contributed by atoms with van der Waals surface area (Å²) in [7, 11) is 1.49. The molecule has 0 bridgehead atoms. The van der Waals surface area contributed by atoms with Crippen LogP contribution in [0.5, 0.6) is 5.75 Å². The molecular weight excluding hydrogens is 232 g/mol. The number of nitrogens with zero attached hydrogens (tertiary/aromatic N) is 3. The lowest BCUT2D eigenvalue weighted by atomic mass is 9.95. The van der Waals surface area contributed by atoms with Gasteiger partial charge in [0.05, 0.1) is 12.8 Å². The fourth-order valence-electron chi connectivity index (χ4n) is 1.21. The van der Waals surface area contributed by atoms with Crippen molar-refractivity contribution < 1.29 is 9.53 Å². The number of carbonyl (C=O) groups is 1. The first-order valence-corrected chi connectivity index (χ1v) is 5.43. The number of nitrogens with one attached hydrogen (secondary N) is 1. The second-order valence-electron chi connectivity index (χ2n) is 4.78. The van der Waals surface area contributed by atoms with Crippen molar-refractivity contribution in [3.63, 3.8) is 0 Å². The number of anilines is 1. The summed E-state index contributed by atoms with van der Waals surface area (Å²) in [6.45, 7) is 5.47. The van der Waals surface area contributed by atoms with Gasteiger partial charge in [-0.05, 0) is 17.7 Å². The van der Waals surface area contributed by atoms with Crippen LogP contribution < -0.4 is 10.1 Å². The number of benzene rings is 1. The lowest BCUT2D eigenvalue weighted by Crippen LogP contribution is -2.27. The van der Waals surface area contributed by atoms with Crippen molar-refractivity contribution in [3.8, 4) is 5.75 Å². The monoisotopic (exact) mass is 248 g/mol. The summed E-state index contributed by atoms with van der Waals surface area (Å²) in [5.41, 5.74) is 8.84. The molecule has 0 unspecified atom stereocenters. The Hall–Kier alpha value is -2.20. The van der Waals surface area contributed by atoms with E-state index in [9.17, 15) is 4.79 Å². The second kappa shape index (κ2) is 5.42. The molecule has 1 amide bonds. The quantitative estimate of drug-likeness (QED) is 0.503. The van der Waals surface area contributed by atoms with E-state index in [0.29, 0.717) is 17.1 Å². The van der Waals surface area contributed by atoms with E-state index >= 15 is 0 Å². The summed E-state index contributed by atoms with van der Waals surface area (Å²) in [4.78, 5) is 14.6. The molecule has 1 rings (SSSR count). The third-order valence-corrected chi connectivity index (χ3v) is 2.27. The number of hydrogen-bond donors (Lipinski definition) is 1. The highest BCUT2D eigenvalue weighted by molar-refractivity contribution is 5.96. The van der Waals surface area contributed by atoms with Gasteiger partial charge in [0.15, 0.2) is 0 Å². The number of ether oxygens (including phenoxy) is 1. The van der Waals surface area contributed by atoms with Gasteiger partial charge in [0.2, 0.25) is 5.91 Å². The van der Waals surface area contributed by atoms with Gasteiger partial charge in [0.25, 0.3) is 0 Å². The first kappa shape index (κ1) is 13.9. The molecule has 0 fully saturated rings. The molecule has 0 spiro atoms. The van der Waals surface area contributed by atoms with E-state index in [-0.39, 0.29) is 5.91 Å². The number of rotatable bonds is 3. The van der Waals surface area contributed by atoms with Crippen LogP contribution in [0.2, 0.25) is 0 Å². The van der Waals surface area contributed by atoms with Crippen molar-refractivity contribution in [2.24, 2.45) is 10.5 Å². The van der Waals surface area contributed by atoms with Gasteiger partial charge in [0, 0.05) is 16.0 Å². The molecule has 0 saturated heterocycles. The normalized spacial score (nSPS) is 10.4. The van der Waals surface area contributed by atoms with E-state index in [1.165, 1.54) is 7.11 Å². The number of amides is 1. The van der Waals surface area contributed by atoms with E-state index in [0.717, 1.165) is 0 Å². The predicted molar refractivity (Wildman–Crippen MR) is 69.9 cm³/mol. The number of carbonyl (C=O) groups excluding carboxylic acids is 1. The predicted octanol–water partition coefficient (Wildman–Crippen LogP) is 3.62. The Morgan fingerprint density at radius 3 is 2.61 bits per heavy atom. The van der Waals surface area contributed by atoms with Crippen LogP contribution in [-0.2, 0) is 4.79 Å². The molecule has 0 atom stereocenters. The molecule has 1 N–H and O–H groups in total. The fourth-order valence-corrected chi connectivity index (χ4v) is 1.21. The fraction of sp³-hybridized carbons (Fsp3) is 0.417. The Balaban J connectivity index is 3.03. The minimum absolute atomic E-state index is 0.114. The summed E-state index contributed by atoms with van der Waals surface area (Å²) in [6.07, 6.45) is 0. The first-order chi connectivity index (χ1) is 8.38. The highest BCUT2D eigenvalue weighted by Crippen LogP contribution is 2.30. The second-order valence-corrected chi connectivity index (χ2v) is 4.78. The van der Waals surface area contributed by atoms with Gasteiger partial charge >= 0.3 is 0 Å². The molecule has 0 aliphatic heterocycles. The molecule has 0 aliphatic carbocycles. The maximum atomic E-state index is 11.9. The zero-order valence-corrected chi connectivity index (χ0v) is 10.9. The zero-order valence-electron chi connectivity index (χ0n) is 10.9. The minimum Gasteiger partial charge on any atom is -0.495 e. The summed E-state index contributed by atoms with van der Waals surface area (Å²) in [5, 5.41) is 6.24. The summed E-state index contributed by atoms with van der Waals surface area (Å²) in [5.74, 6) is 0.342. The van der Waals surface area contributed by atoms with E-state index < -0.39 is 5.41 Å². The lowest BCUT2D eigenvalue weighted by Gasteiger charge is -2.19. The van der Waals surface area contributed by atoms with Gasteiger partial charge in [-0.25, -0.2) is 0 Å². The van der Waals surface area contributed by atoms with Crippen molar-refractivity contribution in [1.82, 2.24) is 0 Å². The Bertz CT molecular complexity index is 499. The molecule has 1 aromatic rings. The highest BCUT2D eigenvalue weighted by Gasteiger charge is 2.22. The van der Waals surface area contributed by atoms with Crippen molar-refractivity contribution >= 4 is 17.3 Å². The Morgan fingerprint density at radius 2 is 2.11 bits per heavy atom. The molecule has 0 aromatic heterocycles. The topological polar surface area (TPSA) is 87.1 Å². The molecule has 6 nitrogen and oxygen atoms in total. The van der Waals surface area contributed by atoms with Gasteiger partial charge in [-0.3, -0.25) is 4.79 Å². The third-order valence-electron chi connectivity index (χ3n) is 2.27. The number of methoxy groups -OCH3 is 1. The molecule has 0 heterocycles. The van der Waals surface area contributed by atoms with E-state index in [4.69, 9.17) is 10.3 Å².